The Morgan fingerprint density at radius 3 is 2.29 bits per heavy atom. The fourth-order valence-corrected chi connectivity index (χ4v) is 17.6. The van der Waals surface area contributed by atoms with Crippen LogP contribution in [0.25, 0.3) is 21.3 Å². The van der Waals surface area contributed by atoms with Crippen molar-refractivity contribution in [3.63, 3.8) is 0 Å². The number of nitrogens with one attached hydrogen (secondary N) is 3. The number of aliphatic hydroxyl groups excluding tert-OH is 3. The van der Waals surface area contributed by atoms with Crippen LogP contribution >= 0.6 is 11.3 Å². The smallest absolute Gasteiger partial charge is 0.410 e. The summed E-state index contributed by atoms with van der Waals surface area (Å²) in [6.07, 6.45) is -2.72. The van der Waals surface area contributed by atoms with E-state index >= 15 is 0 Å². The Labute approximate surface area is 564 Å². The SMILES string of the molecule is Cc1c(-c2ccc(N3CCc4cccc(C(=O)Nc5nc6ccccc6s5)c4C3)nc2C(=O)O)cnn1C[C@@]12C[C@]3(C)C[C@](C)(C1)C[C@@](OCCN(CCS(=O)(=O)O)C(=O)OCc1ccc(NC(=O)[C@@H](C)NC(=O)[C@H](N)C(C)C)cc1CC[C@@H]1O[C@H](C(=O)O)[C@@H](O)[C@H](O)[C@H]1O)(C3)C2. The molecule has 27 nitrogen and oxygen atoms in total. The number of fused-ring (bicyclic) bond motifs is 2. The summed E-state index contributed by atoms with van der Waals surface area (Å²) < 4.78 is 55.6. The van der Waals surface area contributed by atoms with Crippen LogP contribution in [0.15, 0.2) is 79.0 Å². The van der Waals surface area contributed by atoms with E-state index in [9.17, 15) is 67.3 Å². The Kier molecular flexibility index (Phi) is 20.1. The van der Waals surface area contributed by atoms with E-state index in [2.05, 4.69) is 34.8 Å². The van der Waals surface area contributed by atoms with Gasteiger partial charge in [0.25, 0.3) is 16.0 Å². The molecule has 4 saturated carbocycles. The zero-order chi connectivity index (χ0) is 69.7. The zero-order valence-corrected chi connectivity index (χ0v) is 56.5. The number of nitrogens with zero attached hydrogens (tertiary/aromatic N) is 6. The third-order valence-electron chi connectivity index (χ3n) is 19.9. The normalized spacial score (nSPS) is 25.7. The first-order chi connectivity index (χ1) is 45.8. The number of anilines is 3. The fraction of sp³-hybridized carbons (Fsp3) is 0.515. The summed E-state index contributed by atoms with van der Waals surface area (Å²) in [4.78, 5) is 91.7. The summed E-state index contributed by atoms with van der Waals surface area (Å²) in [5, 5.41) is 65.9. The van der Waals surface area contributed by atoms with Crippen molar-refractivity contribution in [2.75, 3.05) is 47.5 Å². The average Bonchev–Trinajstić information content (AvgIpc) is 0.762. The van der Waals surface area contributed by atoms with E-state index in [-0.39, 0.29) is 65.4 Å². The molecule has 4 bridgehead atoms. The lowest BCUT2D eigenvalue weighted by Gasteiger charge is -2.69. The van der Waals surface area contributed by atoms with Crippen molar-refractivity contribution in [1.82, 2.24) is 30.0 Å². The molecule has 11 atom stereocenters. The van der Waals surface area contributed by atoms with Gasteiger partial charge in [-0.05, 0) is 159 Å². The molecule has 4 aliphatic carbocycles. The van der Waals surface area contributed by atoms with E-state index in [1.165, 1.54) is 30.4 Å². The molecule has 0 spiro atoms. The number of carboxylic acid groups (broad SMARTS) is 2. The predicted octanol–water partition coefficient (Wildman–Crippen LogP) is 6.33. The number of carbonyl (C=O) groups excluding carboxylic acids is 4. The topological polar surface area (TPSA) is 398 Å². The summed E-state index contributed by atoms with van der Waals surface area (Å²) in [5.74, 6) is -4.78. The molecule has 0 radical (unpaired) electrons. The number of aromatic carboxylic acids is 1. The first kappa shape index (κ1) is 70.3. The van der Waals surface area contributed by atoms with Crippen LogP contribution in [0.3, 0.4) is 0 Å². The standard InChI is InChI=1S/C68H84N10O17S2/c1-37(2)52(69)60(84)71-38(3)58(82)72-43-16-14-42(41(26-43)15-18-49-54(79)55(80)56(81)57(95-49)62(87)88)29-93-64(89)76(23-25-97(90,91)92)22-24-94-68-33-65(5)30-66(6,34-68)32-67(31-65,35-68)36-78-39(4)46(27-70-78)44-17-19-51(74-53(44)61(85)86)77-21-20-40-10-9-11-45(47(40)28-77)59(83)75-63-73-48-12-7-8-13-50(48)96-63/h7-14,16-17,19,26-27,37-38,49,52,54-57,79-81H,15,18,20-25,28-36,69H2,1-6H3,(H,71,84)(H,72,82)(H,85,86)(H,87,88)(H,73,75,83)(H,90,91,92)/t38-,49+,52-,54+,55-,56+,57+,65-,66+,67-,68-/m1/s1. The maximum Gasteiger partial charge on any atom is 0.410 e. The highest BCUT2D eigenvalue weighted by atomic mass is 32.2. The second kappa shape index (κ2) is 27.7. The Bertz CT molecular complexity index is 4090. The number of aryl methyl sites for hydroxylation is 1. The molecular formula is C68H84N10O17S2. The van der Waals surface area contributed by atoms with Gasteiger partial charge in [-0.15, -0.1) is 0 Å². The molecule has 3 aromatic carbocycles. The molecule has 12 rings (SSSR count). The lowest BCUT2D eigenvalue weighted by Crippen LogP contribution is -2.64. The van der Waals surface area contributed by atoms with E-state index in [4.69, 9.17) is 30.0 Å². The molecule has 0 unspecified atom stereocenters. The van der Waals surface area contributed by atoms with Gasteiger partial charge in [-0.2, -0.15) is 13.5 Å². The summed E-state index contributed by atoms with van der Waals surface area (Å²) in [6, 6.07) is 19.6. The minimum atomic E-state index is -4.59. The molecule has 4 amide bonds. The van der Waals surface area contributed by atoms with Gasteiger partial charge in [-0.25, -0.2) is 24.4 Å². The number of nitrogens with two attached hydrogens (primary N) is 1. The third-order valence-corrected chi connectivity index (χ3v) is 21.5. The number of pyridine rings is 1. The van der Waals surface area contributed by atoms with E-state index in [0.717, 1.165) is 64.0 Å². The van der Waals surface area contributed by atoms with Gasteiger partial charge in [-0.3, -0.25) is 28.9 Å². The summed E-state index contributed by atoms with van der Waals surface area (Å²) in [5.41, 5.74) is 10.4. The number of amides is 4. The van der Waals surface area contributed by atoms with Gasteiger partial charge in [0.15, 0.2) is 16.9 Å². The van der Waals surface area contributed by atoms with Crippen LogP contribution in [-0.4, -0.2) is 179 Å². The lowest BCUT2D eigenvalue weighted by molar-refractivity contribution is -0.248. The number of carboxylic acids is 2. The summed E-state index contributed by atoms with van der Waals surface area (Å²) in [7, 11) is -4.59. The van der Waals surface area contributed by atoms with Crippen LogP contribution < -0.4 is 26.6 Å². The van der Waals surface area contributed by atoms with Crippen LogP contribution in [0.2, 0.25) is 0 Å². The Morgan fingerprint density at radius 1 is 0.845 bits per heavy atom. The van der Waals surface area contributed by atoms with E-state index in [1.807, 2.05) is 59.0 Å². The van der Waals surface area contributed by atoms with Crippen LogP contribution in [0.5, 0.6) is 0 Å². The zero-order valence-electron chi connectivity index (χ0n) is 54.9. The monoisotopic (exact) mass is 1380 g/mol. The first-order valence-electron chi connectivity index (χ1n) is 32.5. The predicted molar refractivity (Wildman–Crippen MR) is 357 cm³/mol. The minimum absolute atomic E-state index is 0.0291. The van der Waals surface area contributed by atoms with Crippen molar-refractivity contribution in [3.8, 4) is 11.1 Å². The van der Waals surface area contributed by atoms with Crippen LogP contribution in [0, 0.1) is 29.1 Å². The van der Waals surface area contributed by atoms with Gasteiger partial charge in [-0.1, -0.05) is 69.4 Å². The number of para-hydroxylation sites is 1. The van der Waals surface area contributed by atoms with Crippen LogP contribution in [0.4, 0.5) is 21.4 Å². The van der Waals surface area contributed by atoms with Gasteiger partial charge >= 0.3 is 18.0 Å². The van der Waals surface area contributed by atoms with Crippen LogP contribution in [-0.2, 0) is 71.3 Å². The van der Waals surface area contributed by atoms with Gasteiger partial charge in [0.2, 0.25) is 11.8 Å². The number of aliphatic carboxylic acids is 1. The second-order valence-electron chi connectivity index (χ2n) is 28.2. The second-order valence-corrected chi connectivity index (χ2v) is 30.8. The number of aromatic nitrogens is 4. The van der Waals surface area contributed by atoms with Crippen molar-refractivity contribution in [2.24, 2.45) is 27.9 Å². The highest BCUT2D eigenvalue weighted by Gasteiger charge is 2.66. The minimum Gasteiger partial charge on any atom is -0.479 e. The maximum absolute atomic E-state index is 14.2. The number of hydrogen-bond acceptors (Lipinski definition) is 20. The summed E-state index contributed by atoms with van der Waals surface area (Å²) in [6.45, 7) is 11.7. The third kappa shape index (κ3) is 15.5. The van der Waals surface area contributed by atoms with Crippen molar-refractivity contribution in [1.29, 1.82) is 0 Å². The highest BCUT2D eigenvalue weighted by Crippen LogP contribution is 2.72. The molecule has 1 saturated heterocycles. The van der Waals surface area contributed by atoms with E-state index in [1.54, 1.807) is 38.2 Å². The number of benzene rings is 3. The average molecular weight is 1380 g/mol. The molecule has 11 N–H and O–H groups in total. The lowest BCUT2D eigenvalue weighted by atomic mass is 9.39. The Hall–Kier alpha value is -8.00. The number of carbonyl (C=O) groups is 6. The van der Waals surface area contributed by atoms with Crippen LogP contribution in [0.1, 0.15) is 128 Å². The summed E-state index contributed by atoms with van der Waals surface area (Å²) >= 11 is 1.39. The number of thiazole rings is 1. The quantitative estimate of drug-likeness (QED) is 0.0280. The Morgan fingerprint density at radius 2 is 1.59 bits per heavy atom. The molecule has 29 heteroatoms. The highest BCUT2D eigenvalue weighted by molar-refractivity contribution is 7.85. The molecule has 5 fully saturated rings. The number of ether oxygens (including phenoxy) is 3. The molecule has 520 valence electrons. The van der Waals surface area contributed by atoms with Gasteiger partial charge < -0.3 is 65.9 Å². The van der Waals surface area contributed by atoms with E-state index < -0.39 is 107 Å². The van der Waals surface area contributed by atoms with Gasteiger partial charge in [0, 0.05) is 60.8 Å². The Balaban J connectivity index is 0.771. The molecular weight excluding hydrogens is 1290 g/mol. The van der Waals surface area contributed by atoms with Crippen molar-refractivity contribution in [2.45, 2.75) is 167 Å². The largest absolute Gasteiger partial charge is 0.479 e. The molecule has 97 heavy (non-hydrogen) atoms. The number of hydrogen-bond donors (Lipinski definition) is 10. The molecule has 3 aromatic heterocycles. The first-order valence-corrected chi connectivity index (χ1v) is 35.0. The fourth-order valence-electron chi connectivity index (χ4n) is 16.2. The number of rotatable bonds is 25. The van der Waals surface area contributed by atoms with Crippen molar-refractivity contribution >= 4 is 84.1 Å². The van der Waals surface area contributed by atoms with Gasteiger partial charge in [0.05, 0.1) is 46.5 Å². The maximum atomic E-state index is 14.2. The molecule has 5 heterocycles. The molecule has 2 aliphatic heterocycles. The van der Waals surface area contributed by atoms with Crippen molar-refractivity contribution < 1.29 is 81.5 Å². The van der Waals surface area contributed by atoms with Crippen molar-refractivity contribution in [3.05, 3.63) is 118 Å². The number of aliphatic hydroxyl groups is 3. The van der Waals surface area contributed by atoms with E-state index in [0.29, 0.717) is 71.2 Å². The van der Waals surface area contributed by atoms with Gasteiger partial charge in [0.1, 0.15) is 36.8 Å². The molecule has 6 aliphatic rings. The molecule has 6 aromatic rings.